The summed E-state index contributed by atoms with van der Waals surface area (Å²) in [5, 5.41) is 9.13. The monoisotopic (exact) mass is 258 g/mol. The van der Waals surface area contributed by atoms with Crippen molar-refractivity contribution in [3.8, 4) is 5.75 Å². The second-order valence-corrected chi connectivity index (χ2v) is 4.48. The van der Waals surface area contributed by atoms with Crippen LogP contribution < -0.4 is 10.5 Å². The third kappa shape index (κ3) is 3.53. The minimum atomic E-state index is -0.239. The van der Waals surface area contributed by atoms with Gasteiger partial charge in [-0.15, -0.1) is 0 Å². The summed E-state index contributed by atoms with van der Waals surface area (Å²) >= 11 is 0. The number of hydrogen-bond donors (Lipinski definition) is 2. The lowest BCUT2D eigenvalue weighted by Crippen LogP contribution is -2.29. The van der Waals surface area contributed by atoms with Crippen molar-refractivity contribution in [2.75, 3.05) is 0 Å². The second kappa shape index (κ2) is 6.31. The smallest absolute Gasteiger partial charge is 0.139 e. The molecule has 0 aliphatic heterocycles. The molecule has 0 amide bonds. The molecule has 1 aromatic heterocycles. The van der Waals surface area contributed by atoms with Crippen LogP contribution in [-0.4, -0.2) is 16.1 Å². The normalized spacial score (nSPS) is 13.8. The summed E-state index contributed by atoms with van der Waals surface area (Å²) in [5.41, 5.74) is 7.79. The zero-order valence-electron chi connectivity index (χ0n) is 10.9. The molecule has 2 atom stereocenters. The van der Waals surface area contributed by atoms with E-state index in [0.29, 0.717) is 5.75 Å². The molecule has 4 heteroatoms. The zero-order valence-corrected chi connectivity index (χ0v) is 10.9. The highest BCUT2D eigenvalue weighted by molar-refractivity contribution is 5.29. The highest BCUT2D eigenvalue weighted by Crippen LogP contribution is 2.24. The van der Waals surface area contributed by atoms with Crippen molar-refractivity contribution >= 4 is 0 Å². The lowest BCUT2D eigenvalue weighted by molar-refractivity contribution is 0.179. The number of pyridine rings is 1. The summed E-state index contributed by atoms with van der Waals surface area (Å²) in [5.74, 6) is 0.700. The fourth-order valence-corrected chi connectivity index (χ4v) is 1.90. The van der Waals surface area contributed by atoms with Crippen LogP contribution in [0, 0.1) is 0 Å². The molecule has 0 saturated carbocycles. The highest BCUT2D eigenvalue weighted by Gasteiger charge is 2.18. The molecular weight excluding hydrogens is 240 g/mol. The van der Waals surface area contributed by atoms with E-state index >= 15 is 0 Å². The van der Waals surface area contributed by atoms with Gasteiger partial charge >= 0.3 is 0 Å². The van der Waals surface area contributed by atoms with E-state index in [1.54, 1.807) is 12.4 Å². The van der Waals surface area contributed by atoms with Gasteiger partial charge < -0.3 is 15.6 Å². The highest BCUT2D eigenvalue weighted by atomic mass is 16.5. The van der Waals surface area contributed by atoms with Crippen molar-refractivity contribution < 1.29 is 9.84 Å². The van der Waals surface area contributed by atoms with Crippen LogP contribution in [0.1, 0.15) is 24.2 Å². The summed E-state index contributed by atoms with van der Waals surface area (Å²) < 4.78 is 5.94. The molecule has 0 saturated heterocycles. The fourth-order valence-electron chi connectivity index (χ4n) is 1.90. The molecule has 1 heterocycles. The van der Waals surface area contributed by atoms with E-state index in [1.165, 1.54) is 0 Å². The number of nitrogens with two attached hydrogens (primary N) is 1. The van der Waals surface area contributed by atoms with Gasteiger partial charge in [0.25, 0.3) is 0 Å². The van der Waals surface area contributed by atoms with E-state index in [0.717, 1.165) is 11.1 Å². The Morgan fingerprint density at radius 1 is 1.26 bits per heavy atom. The topological polar surface area (TPSA) is 68.4 Å². The quantitative estimate of drug-likeness (QED) is 0.861. The molecule has 0 spiro atoms. The van der Waals surface area contributed by atoms with Gasteiger partial charge in [0.15, 0.2) is 0 Å². The van der Waals surface area contributed by atoms with Gasteiger partial charge in [-0.1, -0.05) is 12.1 Å². The average Bonchev–Trinajstić information content (AvgIpc) is 2.45. The maximum atomic E-state index is 9.13. The average molecular weight is 258 g/mol. The van der Waals surface area contributed by atoms with Crippen LogP contribution >= 0.6 is 0 Å². The molecule has 0 radical (unpaired) electrons. The standard InChI is InChI=1S/C15H18N2O2/c1-11(16)15(13-5-7-17-8-6-13)19-14-4-2-3-12(9-14)10-18/h2-9,11,15,18H,10,16H2,1H3. The van der Waals surface area contributed by atoms with Crippen LogP contribution in [0.5, 0.6) is 5.75 Å². The molecule has 4 nitrogen and oxygen atoms in total. The molecule has 2 unspecified atom stereocenters. The number of aliphatic hydroxyl groups is 1. The van der Waals surface area contributed by atoms with Crippen LogP contribution in [0.2, 0.25) is 0 Å². The second-order valence-electron chi connectivity index (χ2n) is 4.48. The Labute approximate surface area is 112 Å². The van der Waals surface area contributed by atoms with Gasteiger partial charge in [0.05, 0.1) is 6.61 Å². The summed E-state index contributed by atoms with van der Waals surface area (Å²) in [6.07, 6.45) is 3.20. The lowest BCUT2D eigenvalue weighted by Gasteiger charge is -2.23. The van der Waals surface area contributed by atoms with Gasteiger partial charge in [-0.3, -0.25) is 4.98 Å². The molecule has 2 aromatic rings. The molecule has 0 bridgehead atoms. The van der Waals surface area contributed by atoms with Crippen molar-refractivity contribution in [3.05, 3.63) is 59.9 Å². The number of ether oxygens (including phenoxy) is 1. The van der Waals surface area contributed by atoms with E-state index in [1.807, 2.05) is 43.3 Å². The van der Waals surface area contributed by atoms with Crippen molar-refractivity contribution in [1.82, 2.24) is 4.98 Å². The van der Waals surface area contributed by atoms with Crippen LogP contribution in [0.15, 0.2) is 48.8 Å². The third-order valence-corrected chi connectivity index (χ3v) is 2.86. The van der Waals surface area contributed by atoms with E-state index in [9.17, 15) is 0 Å². The number of nitrogens with zero attached hydrogens (tertiary/aromatic N) is 1. The van der Waals surface area contributed by atoms with Crippen molar-refractivity contribution in [3.63, 3.8) is 0 Å². The Kier molecular flexibility index (Phi) is 4.49. The summed E-state index contributed by atoms with van der Waals surface area (Å²) in [6, 6.07) is 11.0. The first-order valence-electron chi connectivity index (χ1n) is 6.22. The van der Waals surface area contributed by atoms with Crippen LogP contribution in [-0.2, 0) is 6.61 Å². The minimum Gasteiger partial charge on any atom is -0.484 e. The number of aromatic nitrogens is 1. The maximum Gasteiger partial charge on any atom is 0.139 e. The fraction of sp³-hybridized carbons (Fsp3) is 0.267. The molecule has 19 heavy (non-hydrogen) atoms. The number of benzene rings is 1. The Bertz CT molecular complexity index is 515. The van der Waals surface area contributed by atoms with Gasteiger partial charge in [0, 0.05) is 18.4 Å². The Hall–Kier alpha value is -1.91. The first-order chi connectivity index (χ1) is 9.20. The summed E-state index contributed by atoms with van der Waals surface area (Å²) in [4.78, 5) is 3.99. The molecule has 3 N–H and O–H groups in total. The number of rotatable bonds is 5. The SMILES string of the molecule is CC(N)C(Oc1cccc(CO)c1)c1ccncc1. The van der Waals surface area contributed by atoms with Crippen LogP contribution in [0.25, 0.3) is 0 Å². The third-order valence-electron chi connectivity index (χ3n) is 2.86. The van der Waals surface area contributed by atoms with Crippen LogP contribution in [0.4, 0.5) is 0 Å². The van der Waals surface area contributed by atoms with Gasteiger partial charge in [-0.05, 0) is 42.3 Å². The Morgan fingerprint density at radius 3 is 2.63 bits per heavy atom. The van der Waals surface area contributed by atoms with E-state index in [4.69, 9.17) is 15.6 Å². The summed E-state index contributed by atoms with van der Waals surface area (Å²) in [7, 11) is 0. The summed E-state index contributed by atoms with van der Waals surface area (Å²) in [6.45, 7) is 1.90. The van der Waals surface area contributed by atoms with E-state index < -0.39 is 0 Å². The molecule has 2 rings (SSSR count). The van der Waals surface area contributed by atoms with Gasteiger partial charge in [0.2, 0.25) is 0 Å². The first kappa shape index (κ1) is 13.5. The first-order valence-corrected chi connectivity index (χ1v) is 6.22. The Balaban J connectivity index is 2.21. The molecular formula is C15H18N2O2. The lowest BCUT2D eigenvalue weighted by atomic mass is 10.1. The van der Waals surface area contributed by atoms with Crippen molar-refractivity contribution in [1.29, 1.82) is 0 Å². The van der Waals surface area contributed by atoms with E-state index in [2.05, 4.69) is 4.98 Å². The Morgan fingerprint density at radius 2 is 2.00 bits per heavy atom. The number of hydrogen-bond acceptors (Lipinski definition) is 4. The van der Waals surface area contributed by atoms with E-state index in [-0.39, 0.29) is 18.8 Å². The molecule has 100 valence electrons. The predicted molar refractivity (Wildman–Crippen MR) is 73.6 cm³/mol. The zero-order chi connectivity index (χ0) is 13.7. The molecule has 1 aromatic carbocycles. The van der Waals surface area contributed by atoms with Gasteiger partial charge in [-0.25, -0.2) is 0 Å². The van der Waals surface area contributed by atoms with Gasteiger partial charge in [0.1, 0.15) is 11.9 Å². The molecule has 0 aliphatic carbocycles. The van der Waals surface area contributed by atoms with Crippen molar-refractivity contribution in [2.45, 2.75) is 25.7 Å². The van der Waals surface area contributed by atoms with Crippen molar-refractivity contribution in [2.24, 2.45) is 5.73 Å². The molecule has 0 fully saturated rings. The van der Waals surface area contributed by atoms with Crippen LogP contribution in [0.3, 0.4) is 0 Å². The van der Waals surface area contributed by atoms with Gasteiger partial charge in [-0.2, -0.15) is 0 Å². The maximum absolute atomic E-state index is 9.13. The predicted octanol–water partition coefficient (Wildman–Crippen LogP) is 2.04. The molecule has 0 aliphatic rings. The number of aliphatic hydroxyl groups excluding tert-OH is 1. The largest absolute Gasteiger partial charge is 0.484 e. The minimum absolute atomic E-state index is 0.00466.